The van der Waals surface area contributed by atoms with Crippen LogP contribution in [0.25, 0.3) is 0 Å². The van der Waals surface area contributed by atoms with Crippen molar-refractivity contribution in [3.63, 3.8) is 0 Å². The molecular weight excluding hydrogens is 150 g/mol. The number of aryl methyl sites for hydroxylation is 1. The van der Waals surface area contributed by atoms with Crippen molar-refractivity contribution in [1.82, 2.24) is 0 Å². The van der Waals surface area contributed by atoms with E-state index in [1.54, 1.807) is 0 Å². The van der Waals surface area contributed by atoms with E-state index in [9.17, 15) is 4.79 Å². The standard InChI is InChI=1S/C10H11NO/c1-6-2-4-8(11)10-7(6)3-5-9(10)12/h2,4H,3,5,11H2,1H3. The fourth-order valence-corrected chi connectivity index (χ4v) is 1.79. The average molecular weight is 161 g/mol. The Hall–Kier alpha value is -1.31. The van der Waals surface area contributed by atoms with Gasteiger partial charge < -0.3 is 5.73 Å². The summed E-state index contributed by atoms with van der Waals surface area (Å²) in [6, 6.07) is 3.80. The first-order chi connectivity index (χ1) is 5.70. The van der Waals surface area contributed by atoms with Crippen LogP contribution in [0.2, 0.25) is 0 Å². The molecule has 0 saturated carbocycles. The molecule has 1 aromatic rings. The van der Waals surface area contributed by atoms with Gasteiger partial charge in [-0.1, -0.05) is 6.07 Å². The lowest BCUT2D eigenvalue weighted by Gasteiger charge is -2.04. The van der Waals surface area contributed by atoms with Crippen LogP contribution in [-0.2, 0) is 6.42 Å². The highest BCUT2D eigenvalue weighted by Gasteiger charge is 2.22. The third-order valence-electron chi connectivity index (χ3n) is 2.46. The number of fused-ring (bicyclic) bond motifs is 1. The molecule has 0 heterocycles. The first-order valence-electron chi connectivity index (χ1n) is 4.11. The van der Waals surface area contributed by atoms with E-state index in [-0.39, 0.29) is 5.78 Å². The zero-order valence-electron chi connectivity index (χ0n) is 7.05. The third kappa shape index (κ3) is 0.843. The Morgan fingerprint density at radius 1 is 1.33 bits per heavy atom. The van der Waals surface area contributed by atoms with Crippen LogP contribution >= 0.6 is 0 Å². The van der Waals surface area contributed by atoms with Crippen LogP contribution in [0.15, 0.2) is 12.1 Å². The maximum absolute atomic E-state index is 11.4. The second-order valence-electron chi connectivity index (χ2n) is 3.25. The SMILES string of the molecule is Cc1ccc(N)c2c1CCC2=O. The Kier molecular flexibility index (Phi) is 1.43. The number of nitrogen functional groups attached to an aromatic ring is 1. The molecule has 0 saturated heterocycles. The summed E-state index contributed by atoms with van der Waals surface area (Å²) < 4.78 is 0. The summed E-state index contributed by atoms with van der Waals surface area (Å²) in [5.74, 6) is 0.200. The maximum Gasteiger partial charge on any atom is 0.165 e. The minimum Gasteiger partial charge on any atom is -0.398 e. The number of rotatable bonds is 0. The number of nitrogens with two attached hydrogens (primary N) is 1. The first kappa shape index (κ1) is 7.35. The van der Waals surface area contributed by atoms with Crippen LogP contribution in [0.5, 0.6) is 0 Å². The highest BCUT2D eigenvalue weighted by molar-refractivity contribution is 6.05. The smallest absolute Gasteiger partial charge is 0.165 e. The Labute approximate surface area is 71.4 Å². The van der Waals surface area contributed by atoms with Crippen LogP contribution in [0.3, 0.4) is 0 Å². The molecule has 0 fully saturated rings. The summed E-state index contributed by atoms with van der Waals surface area (Å²) in [5, 5.41) is 0. The molecule has 1 aliphatic carbocycles. The van der Waals surface area contributed by atoms with Crippen molar-refractivity contribution in [2.24, 2.45) is 0 Å². The van der Waals surface area contributed by atoms with Crippen LogP contribution in [0, 0.1) is 6.92 Å². The Morgan fingerprint density at radius 3 is 2.75 bits per heavy atom. The van der Waals surface area contributed by atoms with Crippen molar-refractivity contribution in [3.8, 4) is 0 Å². The number of anilines is 1. The molecule has 0 amide bonds. The minimum atomic E-state index is 0.200. The maximum atomic E-state index is 11.4. The molecule has 2 nitrogen and oxygen atoms in total. The number of carbonyl (C=O) groups is 1. The van der Waals surface area contributed by atoms with Crippen molar-refractivity contribution in [2.75, 3.05) is 5.73 Å². The molecule has 0 radical (unpaired) electrons. The van der Waals surface area contributed by atoms with Crippen LogP contribution < -0.4 is 5.73 Å². The van der Waals surface area contributed by atoms with Gasteiger partial charge in [-0.25, -0.2) is 0 Å². The van der Waals surface area contributed by atoms with E-state index in [1.165, 1.54) is 5.56 Å². The predicted octanol–water partition coefficient (Wildman–Crippen LogP) is 1.71. The molecule has 1 aromatic carbocycles. The summed E-state index contributed by atoms with van der Waals surface area (Å²) >= 11 is 0. The predicted molar refractivity (Wildman–Crippen MR) is 48.2 cm³/mol. The lowest BCUT2D eigenvalue weighted by atomic mass is 10.0. The zero-order valence-corrected chi connectivity index (χ0v) is 7.05. The number of benzene rings is 1. The van der Waals surface area contributed by atoms with Crippen molar-refractivity contribution in [1.29, 1.82) is 0 Å². The highest BCUT2D eigenvalue weighted by Crippen LogP contribution is 2.29. The van der Waals surface area contributed by atoms with E-state index >= 15 is 0 Å². The Balaban J connectivity index is 2.72. The average Bonchev–Trinajstić information content (AvgIpc) is 2.42. The second kappa shape index (κ2) is 2.34. The molecule has 62 valence electrons. The summed E-state index contributed by atoms with van der Waals surface area (Å²) in [6.45, 7) is 2.02. The van der Waals surface area contributed by atoms with E-state index < -0.39 is 0 Å². The van der Waals surface area contributed by atoms with Crippen molar-refractivity contribution >= 4 is 11.5 Å². The number of carbonyl (C=O) groups excluding carboxylic acids is 1. The number of ketones is 1. The van der Waals surface area contributed by atoms with Gasteiger partial charge >= 0.3 is 0 Å². The van der Waals surface area contributed by atoms with E-state index in [2.05, 4.69) is 0 Å². The quantitative estimate of drug-likeness (QED) is 0.588. The van der Waals surface area contributed by atoms with Crippen molar-refractivity contribution in [2.45, 2.75) is 19.8 Å². The number of hydrogen-bond acceptors (Lipinski definition) is 2. The fourth-order valence-electron chi connectivity index (χ4n) is 1.79. The molecule has 2 N–H and O–H groups in total. The summed E-state index contributed by atoms with van der Waals surface area (Å²) in [6.07, 6.45) is 1.50. The van der Waals surface area contributed by atoms with Gasteiger partial charge in [0.05, 0.1) is 0 Å². The monoisotopic (exact) mass is 161 g/mol. The third-order valence-corrected chi connectivity index (χ3v) is 2.46. The van der Waals surface area contributed by atoms with E-state index in [1.807, 2.05) is 19.1 Å². The van der Waals surface area contributed by atoms with E-state index in [4.69, 9.17) is 5.73 Å². The normalized spacial score (nSPS) is 14.9. The topological polar surface area (TPSA) is 43.1 Å². The van der Waals surface area contributed by atoms with Gasteiger partial charge in [-0.3, -0.25) is 4.79 Å². The van der Waals surface area contributed by atoms with Crippen LogP contribution in [0.1, 0.15) is 27.9 Å². The van der Waals surface area contributed by atoms with Gasteiger partial charge in [0.1, 0.15) is 0 Å². The second-order valence-corrected chi connectivity index (χ2v) is 3.25. The fraction of sp³-hybridized carbons (Fsp3) is 0.300. The molecule has 2 heteroatoms. The van der Waals surface area contributed by atoms with Gasteiger partial charge in [0.2, 0.25) is 0 Å². The zero-order chi connectivity index (χ0) is 8.72. The molecule has 0 aliphatic heterocycles. The van der Waals surface area contributed by atoms with Gasteiger partial charge in [-0.15, -0.1) is 0 Å². The van der Waals surface area contributed by atoms with Crippen LogP contribution in [-0.4, -0.2) is 5.78 Å². The largest absolute Gasteiger partial charge is 0.398 e. The molecule has 0 spiro atoms. The first-order valence-corrected chi connectivity index (χ1v) is 4.11. The Bertz CT molecular complexity index is 355. The van der Waals surface area contributed by atoms with Crippen molar-refractivity contribution in [3.05, 3.63) is 28.8 Å². The van der Waals surface area contributed by atoms with Gasteiger partial charge in [-0.05, 0) is 30.5 Å². The van der Waals surface area contributed by atoms with E-state index in [0.717, 1.165) is 17.5 Å². The van der Waals surface area contributed by atoms with Gasteiger partial charge in [0.15, 0.2) is 5.78 Å². The van der Waals surface area contributed by atoms with Gasteiger partial charge in [-0.2, -0.15) is 0 Å². The van der Waals surface area contributed by atoms with Crippen molar-refractivity contribution < 1.29 is 4.79 Å². The summed E-state index contributed by atoms with van der Waals surface area (Å²) in [5.41, 5.74) is 9.46. The molecule has 0 aromatic heterocycles. The van der Waals surface area contributed by atoms with E-state index in [0.29, 0.717) is 12.1 Å². The molecule has 2 rings (SSSR count). The molecular formula is C10H11NO. The minimum absolute atomic E-state index is 0.200. The highest BCUT2D eigenvalue weighted by atomic mass is 16.1. The number of Topliss-reactive ketones (excluding diaryl/α,β-unsaturated/α-hetero) is 1. The molecule has 1 aliphatic rings. The van der Waals surface area contributed by atoms with Gasteiger partial charge in [0.25, 0.3) is 0 Å². The summed E-state index contributed by atoms with van der Waals surface area (Å²) in [7, 11) is 0. The molecule has 0 atom stereocenters. The molecule has 0 bridgehead atoms. The summed E-state index contributed by atoms with van der Waals surface area (Å²) in [4.78, 5) is 11.4. The molecule has 12 heavy (non-hydrogen) atoms. The lowest BCUT2D eigenvalue weighted by molar-refractivity contribution is 0.0995. The number of hydrogen-bond donors (Lipinski definition) is 1. The molecule has 0 unspecified atom stereocenters. The van der Waals surface area contributed by atoms with Gasteiger partial charge in [0, 0.05) is 17.7 Å². The van der Waals surface area contributed by atoms with Crippen LogP contribution in [0.4, 0.5) is 5.69 Å². The lowest BCUT2D eigenvalue weighted by Crippen LogP contribution is -1.99. The Morgan fingerprint density at radius 2 is 2.08 bits per heavy atom.